The second-order valence-electron chi connectivity index (χ2n) is 5.62. The Morgan fingerprint density at radius 3 is 2.89 bits per heavy atom. The summed E-state index contributed by atoms with van der Waals surface area (Å²) in [4.78, 5) is 18.6. The van der Waals surface area contributed by atoms with Crippen LogP contribution in [0.4, 0.5) is 0 Å². The summed E-state index contributed by atoms with van der Waals surface area (Å²) in [7, 11) is 0. The fraction of sp³-hybridized carbons (Fsp3) is 0.769. The maximum atomic E-state index is 11.9. The van der Waals surface area contributed by atoms with Crippen LogP contribution < -0.4 is 5.32 Å². The summed E-state index contributed by atoms with van der Waals surface area (Å²) in [5.74, 6) is 1.46. The topological polar surface area (TPSA) is 73.9 Å². The summed E-state index contributed by atoms with van der Waals surface area (Å²) in [5, 5.41) is 9.77. The van der Waals surface area contributed by atoms with Gasteiger partial charge in [0.1, 0.15) is 5.82 Å². The quantitative estimate of drug-likeness (QED) is 0.827. The van der Waals surface area contributed by atoms with Gasteiger partial charge in [0.2, 0.25) is 5.82 Å². The molecular formula is C13H21N5O. The lowest BCUT2D eigenvalue weighted by Gasteiger charge is -2.23. The SMILES string of the molecule is CC(CNC(=O)c1n[nH]c(C2CC2)n1)N1CCCC1. The van der Waals surface area contributed by atoms with Gasteiger partial charge in [0.05, 0.1) is 0 Å². The molecule has 0 aromatic carbocycles. The number of hydrogen-bond donors (Lipinski definition) is 2. The molecule has 0 bridgehead atoms. The van der Waals surface area contributed by atoms with Crippen molar-refractivity contribution in [3.63, 3.8) is 0 Å². The number of nitrogens with zero attached hydrogens (tertiary/aromatic N) is 3. The van der Waals surface area contributed by atoms with Gasteiger partial charge in [-0.3, -0.25) is 14.8 Å². The smallest absolute Gasteiger partial charge is 0.291 e. The average Bonchev–Trinajstić information content (AvgIpc) is 2.96. The van der Waals surface area contributed by atoms with Crippen molar-refractivity contribution >= 4 is 5.91 Å². The molecule has 1 amide bonds. The first-order valence-electron chi connectivity index (χ1n) is 7.18. The summed E-state index contributed by atoms with van der Waals surface area (Å²) in [6.07, 6.45) is 4.85. The largest absolute Gasteiger partial charge is 0.348 e. The molecule has 2 heterocycles. The van der Waals surface area contributed by atoms with Crippen LogP contribution in [0.25, 0.3) is 0 Å². The minimum atomic E-state index is -0.172. The first kappa shape index (κ1) is 12.6. The van der Waals surface area contributed by atoms with Crippen LogP contribution in [0.2, 0.25) is 0 Å². The van der Waals surface area contributed by atoms with Gasteiger partial charge in [-0.25, -0.2) is 4.98 Å². The molecule has 2 aliphatic rings. The van der Waals surface area contributed by atoms with E-state index in [1.807, 2.05) is 0 Å². The van der Waals surface area contributed by atoms with E-state index >= 15 is 0 Å². The maximum absolute atomic E-state index is 11.9. The third kappa shape index (κ3) is 2.94. The summed E-state index contributed by atoms with van der Waals surface area (Å²) in [5.41, 5.74) is 0. The van der Waals surface area contributed by atoms with E-state index in [9.17, 15) is 4.79 Å². The summed E-state index contributed by atoms with van der Waals surface area (Å²) in [6.45, 7) is 5.10. The molecular weight excluding hydrogens is 242 g/mol. The maximum Gasteiger partial charge on any atom is 0.291 e. The Kier molecular flexibility index (Phi) is 3.50. The Balaban J connectivity index is 1.49. The van der Waals surface area contributed by atoms with Gasteiger partial charge in [0.25, 0.3) is 5.91 Å². The monoisotopic (exact) mass is 263 g/mol. The normalized spacial score (nSPS) is 21.5. The number of amides is 1. The Morgan fingerprint density at radius 2 is 2.21 bits per heavy atom. The van der Waals surface area contributed by atoms with Crippen molar-refractivity contribution in [1.29, 1.82) is 0 Å². The summed E-state index contributed by atoms with van der Waals surface area (Å²) in [6, 6.07) is 0.383. The Labute approximate surface area is 113 Å². The van der Waals surface area contributed by atoms with Gasteiger partial charge in [-0.1, -0.05) is 0 Å². The lowest BCUT2D eigenvalue weighted by molar-refractivity contribution is 0.0930. The van der Waals surface area contributed by atoms with E-state index < -0.39 is 0 Å². The highest BCUT2D eigenvalue weighted by atomic mass is 16.2. The third-order valence-electron chi connectivity index (χ3n) is 3.99. The van der Waals surface area contributed by atoms with Crippen LogP contribution in [0.1, 0.15) is 55.0 Å². The highest BCUT2D eigenvalue weighted by Gasteiger charge is 2.28. The lowest BCUT2D eigenvalue weighted by Crippen LogP contribution is -2.40. The van der Waals surface area contributed by atoms with Crippen LogP contribution >= 0.6 is 0 Å². The van der Waals surface area contributed by atoms with Crippen LogP contribution in [0, 0.1) is 0 Å². The molecule has 2 N–H and O–H groups in total. The van der Waals surface area contributed by atoms with Crippen molar-refractivity contribution in [2.45, 2.75) is 44.6 Å². The van der Waals surface area contributed by atoms with Crippen LogP contribution in [0.15, 0.2) is 0 Å². The van der Waals surface area contributed by atoms with Gasteiger partial charge in [0.15, 0.2) is 0 Å². The number of aromatic nitrogens is 3. The van der Waals surface area contributed by atoms with Gasteiger partial charge in [-0.2, -0.15) is 0 Å². The van der Waals surface area contributed by atoms with Crippen LogP contribution in [-0.2, 0) is 0 Å². The van der Waals surface area contributed by atoms with Crippen molar-refractivity contribution in [3.05, 3.63) is 11.6 Å². The molecule has 1 aromatic rings. The molecule has 2 fully saturated rings. The van der Waals surface area contributed by atoms with E-state index in [4.69, 9.17) is 0 Å². The van der Waals surface area contributed by atoms with Crippen LogP contribution in [0.3, 0.4) is 0 Å². The second-order valence-corrected chi connectivity index (χ2v) is 5.62. The molecule has 1 saturated carbocycles. The van der Waals surface area contributed by atoms with E-state index in [1.165, 1.54) is 12.8 Å². The van der Waals surface area contributed by atoms with Crippen molar-refractivity contribution in [2.75, 3.05) is 19.6 Å². The van der Waals surface area contributed by atoms with Crippen molar-refractivity contribution < 1.29 is 4.79 Å². The number of carbonyl (C=O) groups is 1. The van der Waals surface area contributed by atoms with E-state index in [0.717, 1.165) is 31.8 Å². The van der Waals surface area contributed by atoms with Gasteiger partial charge < -0.3 is 5.32 Å². The van der Waals surface area contributed by atoms with Gasteiger partial charge in [-0.15, -0.1) is 5.10 Å². The highest BCUT2D eigenvalue weighted by molar-refractivity contribution is 5.90. The highest BCUT2D eigenvalue weighted by Crippen LogP contribution is 2.37. The zero-order valence-electron chi connectivity index (χ0n) is 11.4. The predicted octanol–water partition coefficient (Wildman–Crippen LogP) is 0.896. The first-order chi connectivity index (χ1) is 9.24. The molecule has 1 unspecified atom stereocenters. The Bertz CT molecular complexity index is 448. The molecule has 1 atom stereocenters. The van der Waals surface area contributed by atoms with E-state index in [-0.39, 0.29) is 11.7 Å². The molecule has 1 aromatic heterocycles. The number of likely N-dealkylation sites (tertiary alicyclic amines) is 1. The molecule has 6 nitrogen and oxygen atoms in total. The Hall–Kier alpha value is -1.43. The summed E-state index contributed by atoms with van der Waals surface area (Å²) >= 11 is 0. The molecule has 0 spiro atoms. The van der Waals surface area contributed by atoms with E-state index in [2.05, 4.69) is 32.3 Å². The van der Waals surface area contributed by atoms with Crippen molar-refractivity contribution in [3.8, 4) is 0 Å². The zero-order valence-corrected chi connectivity index (χ0v) is 11.4. The second kappa shape index (κ2) is 5.28. The fourth-order valence-corrected chi connectivity index (χ4v) is 2.55. The molecule has 0 radical (unpaired) electrons. The Morgan fingerprint density at radius 1 is 1.47 bits per heavy atom. The number of carbonyl (C=O) groups excluding carboxylic acids is 1. The minimum Gasteiger partial charge on any atom is -0.348 e. The molecule has 1 aliphatic carbocycles. The van der Waals surface area contributed by atoms with Crippen molar-refractivity contribution in [2.24, 2.45) is 0 Å². The molecule has 19 heavy (non-hydrogen) atoms. The number of aromatic amines is 1. The molecule has 1 saturated heterocycles. The fourth-order valence-electron chi connectivity index (χ4n) is 2.55. The van der Waals surface area contributed by atoms with Gasteiger partial charge in [0, 0.05) is 18.5 Å². The van der Waals surface area contributed by atoms with E-state index in [1.54, 1.807) is 0 Å². The molecule has 104 valence electrons. The molecule has 6 heteroatoms. The number of hydrogen-bond acceptors (Lipinski definition) is 4. The zero-order chi connectivity index (χ0) is 13.2. The molecule has 3 rings (SSSR count). The van der Waals surface area contributed by atoms with Gasteiger partial charge >= 0.3 is 0 Å². The van der Waals surface area contributed by atoms with Gasteiger partial charge in [-0.05, 0) is 45.7 Å². The van der Waals surface area contributed by atoms with E-state index in [0.29, 0.717) is 18.5 Å². The number of H-pyrrole nitrogens is 1. The molecule has 1 aliphatic heterocycles. The van der Waals surface area contributed by atoms with Crippen LogP contribution in [0.5, 0.6) is 0 Å². The first-order valence-corrected chi connectivity index (χ1v) is 7.18. The third-order valence-corrected chi connectivity index (χ3v) is 3.99. The number of nitrogens with one attached hydrogen (secondary N) is 2. The lowest BCUT2D eigenvalue weighted by atomic mass is 10.3. The summed E-state index contributed by atoms with van der Waals surface area (Å²) < 4.78 is 0. The predicted molar refractivity (Wildman–Crippen MR) is 71.0 cm³/mol. The van der Waals surface area contributed by atoms with Crippen LogP contribution in [-0.4, -0.2) is 51.7 Å². The van der Waals surface area contributed by atoms with Crippen molar-refractivity contribution in [1.82, 2.24) is 25.4 Å². The minimum absolute atomic E-state index is 0.172. The average molecular weight is 263 g/mol. The number of rotatable bonds is 5. The standard InChI is InChI=1S/C13H21N5O/c1-9(18-6-2-3-7-18)8-14-13(19)12-15-11(16-17-12)10-4-5-10/h9-10H,2-8H2,1H3,(H,14,19)(H,15,16,17).